The number of nitrogens with zero attached hydrogens (tertiary/aromatic N) is 2. The number of hydrogen-bond acceptors (Lipinski definition) is 5. The van der Waals surface area contributed by atoms with E-state index in [1.807, 2.05) is 60.7 Å². The molecular weight excluding hydrogens is 492 g/mol. The van der Waals surface area contributed by atoms with Crippen LogP contribution in [-0.4, -0.2) is 27.9 Å². The average Bonchev–Trinajstić information content (AvgIpc) is 3.74. The Bertz CT molecular complexity index is 1390. The molecular formula is C29H23ClN2O3S. The molecule has 3 aromatic carbocycles. The first kappa shape index (κ1) is 24.1. The van der Waals surface area contributed by atoms with E-state index in [-0.39, 0.29) is 17.0 Å². The molecule has 1 fully saturated rings. The van der Waals surface area contributed by atoms with Crippen LogP contribution in [-0.2, 0) is 6.54 Å². The van der Waals surface area contributed by atoms with Crippen LogP contribution in [0, 0.1) is 0 Å². The molecule has 0 bridgehead atoms. The van der Waals surface area contributed by atoms with Crippen LogP contribution in [0.3, 0.4) is 0 Å². The van der Waals surface area contributed by atoms with E-state index in [4.69, 9.17) is 11.6 Å². The number of pyridine rings is 1. The second-order valence-corrected chi connectivity index (χ2v) is 10.2. The molecule has 1 N–H and O–H groups in total. The molecule has 0 atom stereocenters. The van der Waals surface area contributed by atoms with Crippen molar-refractivity contribution in [2.75, 3.05) is 4.90 Å². The van der Waals surface area contributed by atoms with Crippen LogP contribution < -0.4 is 4.90 Å². The van der Waals surface area contributed by atoms with Crippen LogP contribution in [0.25, 0.3) is 0 Å². The number of aromatic nitrogens is 1. The zero-order valence-corrected chi connectivity index (χ0v) is 20.9. The zero-order valence-electron chi connectivity index (χ0n) is 19.3. The number of ketones is 1. The third-order valence-electron chi connectivity index (χ3n) is 6.01. The summed E-state index contributed by atoms with van der Waals surface area (Å²) in [7, 11) is 0. The standard InChI is InChI=1S/C29H23ClN2O3S/c30-21-9-6-19(7-10-21)18-32(22-11-12-22)23-13-14-26(31-17-23)28(33)20-8-15-27(25(16-20)29(34)35)36-24-4-2-1-3-5-24/h1-10,13-17,22H,11-12,18H2,(H,34,35). The SMILES string of the molecule is O=C(c1ccc(Sc2ccccc2)c(C(=O)O)c1)c1ccc(N(Cc2ccc(Cl)cc2)C2CC2)cn1. The summed E-state index contributed by atoms with van der Waals surface area (Å²) in [6, 6.07) is 26.2. The smallest absolute Gasteiger partial charge is 0.336 e. The van der Waals surface area contributed by atoms with Gasteiger partial charge in [-0.2, -0.15) is 0 Å². The number of benzene rings is 3. The van der Waals surface area contributed by atoms with Crippen molar-refractivity contribution in [2.45, 2.75) is 35.2 Å². The van der Waals surface area contributed by atoms with Gasteiger partial charge in [-0.1, -0.05) is 53.7 Å². The third kappa shape index (κ3) is 5.61. The van der Waals surface area contributed by atoms with Crippen molar-refractivity contribution in [1.82, 2.24) is 4.98 Å². The maximum atomic E-state index is 13.2. The van der Waals surface area contributed by atoms with Crippen molar-refractivity contribution in [2.24, 2.45) is 0 Å². The van der Waals surface area contributed by atoms with Crippen LogP contribution in [0.4, 0.5) is 5.69 Å². The maximum absolute atomic E-state index is 13.2. The van der Waals surface area contributed by atoms with E-state index in [0.29, 0.717) is 21.5 Å². The van der Waals surface area contributed by atoms with Crippen LogP contribution >= 0.6 is 23.4 Å². The fourth-order valence-electron chi connectivity index (χ4n) is 3.98. The van der Waals surface area contributed by atoms with Crippen molar-refractivity contribution in [1.29, 1.82) is 0 Å². The molecule has 5 rings (SSSR count). The molecule has 1 heterocycles. The molecule has 0 unspecified atom stereocenters. The molecule has 0 aliphatic heterocycles. The van der Waals surface area contributed by atoms with Crippen LogP contribution in [0.5, 0.6) is 0 Å². The second-order valence-electron chi connectivity index (χ2n) is 8.65. The molecule has 1 aromatic heterocycles. The van der Waals surface area contributed by atoms with Crippen molar-refractivity contribution < 1.29 is 14.7 Å². The minimum Gasteiger partial charge on any atom is -0.478 e. The van der Waals surface area contributed by atoms with Crippen molar-refractivity contribution in [3.8, 4) is 0 Å². The number of carboxylic acid groups (broad SMARTS) is 1. The molecule has 1 aliphatic carbocycles. The fourth-order valence-corrected chi connectivity index (χ4v) is 5.05. The zero-order chi connectivity index (χ0) is 25.1. The number of hydrogen-bond donors (Lipinski definition) is 1. The quantitative estimate of drug-likeness (QED) is 0.243. The Hall–Kier alpha value is -3.61. The molecule has 1 aliphatic rings. The summed E-state index contributed by atoms with van der Waals surface area (Å²) in [5.41, 5.74) is 2.77. The number of rotatable bonds is 9. The Morgan fingerprint density at radius 2 is 1.72 bits per heavy atom. The maximum Gasteiger partial charge on any atom is 0.336 e. The summed E-state index contributed by atoms with van der Waals surface area (Å²) < 4.78 is 0. The molecule has 0 saturated heterocycles. The molecule has 7 heteroatoms. The Morgan fingerprint density at radius 3 is 2.36 bits per heavy atom. The topological polar surface area (TPSA) is 70.5 Å². The molecule has 180 valence electrons. The predicted octanol–water partition coefficient (Wildman–Crippen LogP) is 6.98. The average molecular weight is 515 g/mol. The van der Waals surface area contributed by atoms with Crippen molar-refractivity contribution in [3.05, 3.63) is 119 Å². The molecule has 5 nitrogen and oxygen atoms in total. The summed E-state index contributed by atoms with van der Waals surface area (Å²) >= 11 is 7.37. The number of aromatic carboxylic acids is 1. The number of anilines is 1. The Balaban J connectivity index is 1.35. The molecule has 0 amide bonds. The highest BCUT2D eigenvalue weighted by Crippen LogP contribution is 2.34. The minimum absolute atomic E-state index is 0.0918. The highest BCUT2D eigenvalue weighted by Gasteiger charge is 2.29. The summed E-state index contributed by atoms with van der Waals surface area (Å²) in [5, 5.41) is 10.5. The molecule has 4 aromatic rings. The van der Waals surface area contributed by atoms with Gasteiger partial charge in [0.05, 0.1) is 17.4 Å². The van der Waals surface area contributed by atoms with Gasteiger partial charge >= 0.3 is 5.97 Å². The first-order chi connectivity index (χ1) is 17.5. The van der Waals surface area contributed by atoms with Gasteiger partial charge in [-0.25, -0.2) is 4.79 Å². The highest BCUT2D eigenvalue weighted by atomic mass is 35.5. The van der Waals surface area contributed by atoms with E-state index in [1.54, 1.807) is 24.4 Å². The lowest BCUT2D eigenvalue weighted by molar-refractivity contribution is 0.0693. The monoisotopic (exact) mass is 514 g/mol. The van der Waals surface area contributed by atoms with Gasteiger partial charge < -0.3 is 10.0 Å². The number of halogens is 1. The number of carbonyl (C=O) groups is 2. The lowest BCUT2D eigenvalue weighted by atomic mass is 10.0. The molecule has 1 saturated carbocycles. The first-order valence-corrected chi connectivity index (χ1v) is 12.8. The van der Waals surface area contributed by atoms with E-state index < -0.39 is 5.97 Å². The third-order valence-corrected chi connectivity index (χ3v) is 7.34. The Morgan fingerprint density at radius 1 is 0.972 bits per heavy atom. The van der Waals surface area contributed by atoms with Crippen LogP contribution in [0.15, 0.2) is 101 Å². The van der Waals surface area contributed by atoms with Gasteiger partial charge in [-0.15, -0.1) is 0 Å². The van der Waals surface area contributed by atoms with E-state index in [2.05, 4.69) is 9.88 Å². The highest BCUT2D eigenvalue weighted by molar-refractivity contribution is 7.99. The van der Waals surface area contributed by atoms with Gasteiger partial charge in [0.25, 0.3) is 0 Å². The van der Waals surface area contributed by atoms with Crippen molar-refractivity contribution in [3.63, 3.8) is 0 Å². The normalized spacial score (nSPS) is 12.8. The van der Waals surface area contributed by atoms with E-state index in [0.717, 1.165) is 35.5 Å². The fraction of sp³-hybridized carbons (Fsp3) is 0.138. The predicted molar refractivity (Wildman–Crippen MR) is 142 cm³/mol. The molecule has 36 heavy (non-hydrogen) atoms. The number of carbonyl (C=O) groups excluding carboxylic acids is 1. The van der Waals surface area contributed by atoms with Gasteiger partial charge in [0.2, 0.25) is 5.78 Å². The molecule has 0 radical (unpaired) electrons. The summed E-state index contributed by atoms with van der Waals surface area (Å²) in [6.07, 6.45) is 3.97. The Labute approximate surface area is 218 Å². The minimum atomic E-state index is -1.08. The molecule has 0 spiro atoms. The van der Waals surface area contributed by atoms with Crippen LogP contribution in [0.1, 0.15) is 44.8 Å². The van der Waals surface area contributed by atoms with Gasteiger partial charge in [0.1, 0.15) is 5.69 Å². The second kappa shape index (κ2) is 10.6. The summed E-state index contributed by atoms with van der Waals surface area (Å²) in [4.78, 5) is 33.3. The van der Waals surface area contributed by atoms with Crippen LogP contribution in [0.2, 0.25) is 5.02 Å². The largest absolute Gasteiger partial charge is 0.478 e. The van der Waals surface area contributed by atoms with Gasteiger partial charge in [-0.3, -0.25) is 9.78 Å². The summed E-state index contributed by atoms with van der Waals surface area (Å²) in [6.45, 7) is 0.735. The van der Waals surface area contributed by atoms with Gasteiger partial charge in [0, 0.05) is 33.0 Å². The number of carboxylic acids is 1. The lowest BCUT2D eigenvalue weighted by Crippen LogP contribution is -2.25. The first-order valence-electron chi connectivity index (χ1n) is 11.6. The van der Waals surface area contributed by atoms with E-state index >= 15 is 0 Å². The summed E-state index contributed by atoms with van der Waals surface area (Å²) in [5.74, 6) is -1.38. The van der Waals surface area contributed by atoms with Gasteiger partial charge in [0.15, 0.2) is 0 Å². The van der Waals surface area contributed by atoms with Crippen molar-refractivity contribution >= 4 is 40.8 Å². The lowest BCUT2D eigenvalue weighted by Gasteiger charge is -2.24. The Kier molecular flexibility index (Phi) is 7.07. The van der Waals surface area contributed by atoms with Gasteiger partial charge in [-0.05, 0) is 73.0 Å². The van der Waals surface area contributed by atoms with E-state index in [1.165, 1.54) is 17.8 Å². The van der Waals surface area contributed by atoms with E-state index in [9.17, 15) is 14.7 Å².